The highest BCUT2D eigenvalue weighted by atomic mass is 35.5. The lowest BCUT2D eigenvalue weighted by molar-refractivity contribution is -0.137. The number of pyridine rings is 1. The summed E-state index contributed by atoms with van der Waals surface area (Å²) in [5, 5.41) is 0.422. The number of halogens is 5. The fraction of sp³-hybridized carbons (Fsp3) is 0.250. The molecule has 33 heavy (non-hydrogen) atoms. The lowest BCUT2D eigenvalue weighted by atomic mass is 10.0. The third-order valence-corrected chi connectivity index (χ3v) is 6.04. The maximum Gasteiger partial charge on any atom is 0.417 e. The summed E-state index contributed by atoms with van der Waals surface area (Å²) in [5.41, 5.74) is 10.4. The number of anilines is 1. The fourth-order valence-electron chi connectivity index (χ4n) is 3.35. The van der Waals surface area contributed by atoms with Gasteiger partial charge in [0.25, 0.3) is 0 Å². The summed E-state index contributed by atoms with van der Waals surface area (Å²) in [5.74, 6) is 0. The molecule has 0 aliphatic carbocycles. The Balaban J connectivity index is 2.03. The van der Waals surface area contributed by atoms with Gasteiger partial charge in [-0.15, -0.1) is 0 Å². The van der Waals surface area contributed by atoms with Crippen LogP contribution in [0.2, 0.25) is 10.0 Å². The third kappa shape index (κ3) is 5.25. The Hall–Kier alpha value is -2.77. The molecule has 0 unspecified atom stereocenters. The monoisotopic (exact) mass is 494 g/mol. The van der Waals surface area contributed by atoms with E-state index in [1.54, 1.807) is 24.4 Å². The van der Waals surface area contributed by atoms with Crippen LogP contribution in [-0.4, -0.2) is 21.6 Å². The molecule has 0 fully saturated rings. The van der Waals surface area contributed by atoms with Gasteiger partial charge in [-0.05, 0) is 49.6 Å². The van der Waals surface area contributed by atoms with E-state index >= 15 is 0 Å². The van der Waals surface area contributed by atoms with Crippen molar-refractivity contribution in [1.29, 1.82) is 0 Å². The lowest BCUT2D eigenvalue weighted by Crippen LogP contribution is -2.06. The van der Waals surface area contributed by atoms with Gasteiger partial charge in [0.15, 0.2) is 5.65 Å². The van der Waals surface area contributed by atoms with Crippen LogP contribution < -0.4 is 5.73 Å². The second kappa shape index (κ2) is 9.61. The minimum Gasteiger partial charge on any atom is -0.398 e. The van der Waals surface area contributed by atoms with Gasteiger partial charge in [-0.3, -0.25) is 4.99 Å². The Morgan fingerprint density at radius 2 is 1.88 bits per heavy atom. The average Bonchev–Trinajstić information content (AvgIpc) is 3.18. The van der Waals surface area contributed by atoms with Crippen LogP contribution >= 0.6 is 23.2 Å². The number of hydrogen-bond acceptors (Lipinski definition) is 3. The first-order valence-electron chi connectivity index (χ1n) is 10.1. The topological polar surface area (TPSA) is 55.7 Å². The number of aromatic nitrogens is 2. The van der Waals surface area contributed by atoms with E-state index in [0.717, 1.165) is 35.4 Å². The van der Waals surface area contributed by atoms with E-state index in [1.165, 1.54) is 4.40 Å². The number of benzene rings is 1. The molecule has 0 atom stereocenters. The molecule has 2 N–H and O–H groups in total. The van der Waals surface area contributed by atoms with Crippen LogP contribution in [0.1, 0.15) is 49.6 Å². The van der Waals surface area contributed by atoms with E-state index in [1.807, 2.05) is 20.8 Å². The Bertz CT molecular complexity index is 1290. The van der Waals surface area contributed by atoms with E-state index in [0.29, 0.717) is 27.7 Å². The first-order valence-corrected chi connectivity index (χ1v) is 10.9. The zero-order chi connectivity index (χ0) is 24.5. The second-order valence-electron chi connectivity index (χ2n) is 7.61. The number of nitrogen functional groups attached to an aromatic ring is 1. The van der Waals surface area contributed by atoms with Crippen LogP contribution in [0.4, 0.5) is 18.9 Å². The number of aliphatic imine (C=N–C) groups is 1. The van der Waals surface area contributed by atoms with Gasteiger partial charge < -0.3 is 10.1 Å². The summed E-state index contributed by atoms with van der Waals surface area (Å²) in [6.07, 6.45) is 0.362. The van der Waals surface area contributed by atoms with Crippen LogP contribution in [0.5, 0.6) is 0 Å². The highest BCUT2D eigenvalue weighted by molar-refractivity contribution is 6.34. The highest BCUT2D eigenvalue weighted by Gasteiger charge is 2.32. The number of nitrogens with two attached hydrogens (primary N) is 1. The number of nitrogens with zero attached hydrogens (tertiary/aromatic N) is 3. The van der Waals surface area contributed by atoms with Gasteiger partial charge in [0.2, 0.25) is 0 Å². The van der Waals surface area contributed by atoms with Crippen LogP contribution in [0, 0.1) is 0 Å². The summed E-state index contributed by atoms with van der Waals surface area (Å²) >= 11 is 12.5. The van der Waals surface area contributed by atoms with E-state index in [9.17, 15) is 13.2 Å². The Labute approximate surface area is 200 Å². The number of fused-ring (bicyclic) bond motifs is 1. The van der Waals surface area contributed by atoms with Gasteiger partial charge in [-0.2, -0.15) is 13.2 Å². The van der Waals surface area contributed by atoms with Crippen molar-refractivity contribution in [2.75, 3.05) is 12.3 Å². The number of imidazole rings is 1. The second-order valence-corrected chi connectivity index (χ2v) is 8.43. The van der Waals surface area contributed by atoms with Gasteiger partial charge >= 0.3 is 6.18 Å². The largest absolute Gasteiger partial charge is 0.417 e. The molecule has 4 nitrogen and oxygen atoms in total. The fourth-order valence-corrected chi connectivity index (χ4v) is 3.91. The predicted molar refractivity (Wildman–Crippen MR) is 131 cm³/mol. The smallest absolute Gasteiger partial charge is 0.398 e. The molecule has 3 aromatic rings. The van der Waals surface area contributed by atoms with Crippen molar-refractivity contribution < 1.29 is 13.2 Å². The lowest BCUT2D eigenvalue weighted by Gasteiger charge is -2.10. The standard InChI is InChI=1S/C24H23Cl2F3N4/c1-5-13(3)18(10-31-14(4)17-9-21(30)15(6-2)7-19(17)25)22-12-33-11-16(24(27,28)29)8-20(26)23(33)32-22/h6-9,11-12H,2,5,10,30H2,1,3-4H3/b18-13+,31-14?. The van der Waals surface area contributed by atoms with Crippen molar-refractivity contribution in [3.8, 4) is 0 Å². The maximum atomic E-state index is 13.2. The van der Waals surface area contributed by atoms with Crippen LogP contribution in [-0.2, 0) is 6.18 Å². The summed E-state index contributed by atoms with van der Waals surface area (Å²) < 4.78 is 40.8. The highest BCUT2D eigenvalue weighted by Crippen LogP contribution is 2.33. The summed E-state index contributed by atoms with van der Waals surface area (Å²) in [7, 11) is 0. The van der Waals surface area contributed by atoms with Crippen molar-refractivity contribution in [3.05, 3.63) is 75.2 Å². The summed E-state index contributed by atoms with van der Waals surface area (Å²) in [4.78, 5) is 9.17. The maximum absolute atomic E-state index is 13.2. The molecule has 0 bridgehead atoms. The van der Waals surface area contributed by atoms with Gasteiger partial charge in [-0.25, -0.2) is 4.98 Å². The van der Waals surface area contributed by atoms with Gasteiger partial charge in [0.1, 0.15) is 0 Å². The average molecular weight is 495 g/mol. The normalized spacial score (nSPS) is 13.4. The molecule has 0 aliphatic heterocycles. The van der Waals surface area contributed by atoms with E-state index in [-0.39, 0.29) is 17.2 Å². The van der Waals surface area contributed by atoms with Crippen molar-refractivity contribution in [2.45, 2.75) is 33.4 Å². The quantitative estimate of drug-likeness (QED) is 0.283. The molecular weight excluding hydrogens is 472 g/mol. The molecule has 0 amide bonds. The van der Waals surface area contributed by atoms with Crippen LogP contribution in [0.15, 0.2) is 47.7 Å². The molecule has 0 saturated heterocycles. The van der Waals surface area contributed by atoms with Crippen molar-refractivity contribution in [2.24, 2.45) is 4.99 Å². The molecule has 0 saturated carbocycles. The number of alkyl halides is 3. The first-order chi connectivity index (χ1) is 15.5. The number of hydrogen-bond donors (Lipinski definition) is 1. The molecule has 2 aromatic heterocycles. The minimum atomic E-state index is -4.51. The predicted octanol–water partition coefficient (Wildman–Crippen LogP) is 7.58. The third-order valence-electron chi connectivity index (χ3n) is 5.45. The molecule has 174 valence electrons. The van der Waals surface area contributed by atoms with Crippen molar-refractivity contribution in [3.63, 3.8) is 0 Å². The zero-order valence-corrected chi connectivity index (χ0v) is 19.9. The van der Waals surface area contributed by atoms with Gasteiger partial charge in [0.05, 0.1) is 27.8 Å². The minimum absolute atomic E-state index is 0.0752. The molecule has 3 rings (SSSR count). The number of allylic oxidation sites excluding steroid dienone is 1. The summed E-state index contributed by atoms with van der Waals surface area (Å²) in [6, 6.07) is 4.36. The number of rotatable bonds is 6. The molecular formula is C24H23Cl2F3N4. The Morgan fingerprint density at radius 1 is 1.18 bits per heavy atom. The van der Waals surface area contributed by atoms with Gasteiger partial charge in [0, 0.05) is 29.4 Å². The SMILES string of the molecule is C=Cc1cc(Cl)c(C(C)=NC/C(=C(/C)CC)c2cn3cc(C(F)(F)F)cc(Cl)c3n2)cc1N. The Morgan fingerprint density at radius 3 is 2.48 bits per heavy atom. The van der Waals surface area contributed by atoms with E-state index in [4.69, 9.17) is 28.9 Å². The summed E-state index contributed by atoms with van der Waals surface area (Å²) in [6.45, 7) is 9.73. The molecule has 2 heterocycles. The van der Waals surface area contributed by atoms with Crippen LogP contribution in [0.25, 0.3) is 17.3 Å². The van der Waals surface area contributed by atoms with Gasteiger partial charge in [-0.1, -0.05) is 48.4 Å². The Kier molecular flexibility index (Phi) is 7.24. The van der Waals surface area contributed by atoms with E-state index < -0.39 is 11.7 Å². The molecule has 0 spiro atoms. The molecule has 9 heteroatoms. The van der Waals surface area contributed by atoms with Crippen LogP contribution in [0.3, 0.4) is 0 Å². The van der Waals surface area contributed by atoms with Crippen molar-refractivity contribution >= 4 is 51.9 Å². The molecule has 1 aromatic carbocycles. The zero-order valence-electron chi connectivity index (χ0n) is 18.4. The van der Waals surface area contributed by atoms with Crippen molar-refractivity contribution in [1.82, 2.24) is 9.38 Å². The first kappa shape index (κ1) is 24.9. The molecule has 0 radical (unpaired) electrons. The van der Waals surface area contributed by atoms with E-state index in [2.05, 4.69) is 16.6 Å². The molecule has 0 aliphatic rings.